The Labute approximate surface area is 80.7 Å². The second kappa shape index (κ2) is 4.90. The molecule has 0 fully saturated rings. The third-order valence-electron chi connectivity index (χ3n) is 1.93. The van der Waals surface area contributed by atoms with E-state index in [1.54, 1.807) is 0 Å². The lowest BCUT2D eigenvalue weighted by molar-refractivity contribution is 0.269. The van der Waals surface area contributed by atoms with Gasteiger partial charge in [0.1, 0.15) is 5.75 Å². The first kappa shape index (κ1) is 10.1. The largest absolute Gasteiger partial charge is 0.493 e. The summed E-state index contributed by atoms with van der Waals surface area (Å²) >= 11 is 0. The van der Waals surface area contributed by atoms with Gasteiger partial charge >= 0.3 is 0 Å². The number of hydrogen-bond donors (Lipinski definition) is 0. The van der Waals surface area contributed by atoms with E-state index >= 15 is 0 Å². The molecule has 1 heteroatoms. The van der Waals surface area contributed by atoms with Crippen molar-refractivity contribution < 1.29 is 4.74 Å². The van der Waals surface area contributed by atoms with E-state index in [-0.39, 0.29) is 0 Å². The molecule has 0 radical (unpaired) electrons. The Balaban J connectivity index is 2.64. The summed E-state index contributed by atoms with van der Waals surface area (Å²) in [6, 6.07) is 8.24. The maximum atomic E-state index is 5.69. The Morgan fingerprint density at radius 2 is 1.92 bits per heavy atom. The maximum absolute atomic E-state index is 5.69. The van der Waals surface area contributed by atoms with Crippen LogP contribution in [-0.2, 0) is 6.42 Å². The van der Waals surface area contributed by atoms with Crippen LogP contribution in [0.2, 0.25) is 0 Å². The van der Waals surface area contributed by atoms with E-state index in [0.717, 1.165) is 18.8 Å². The molecule has 1 aromatic carbocycles. The number of hydrogen-bond acceptors (Lipinski definition) is 1. The van der Waals surface area contributed by atoms with Crippen LogP contribution in [0.5, 0.6) is 5.75 Å². The smallest absolute Gasteiger partial charge is 0.122 e. The Morgan fingerprint density at radius 1 is 1.23 bits per heavy atom. The molecule has 0 aromatic heterocycles. The summed E-state index contributed by atoms with van der Waals surface area (Å²) in [6.07, 6.45) is 1.04. The minimum atomic E-state index is 0.588. The first-order chi connectivity index (χ1) is 6.24. The van der Waals surface area contributed by atoms with Crippen molar-refractivity contribution in [3.8, 4) is 5.75 Å². The fourth-order valence-electron chi connectivity index (χ4n) is 1.19. The Morgan fingerprint density at radius 3 is 2.54 bits per heavy atom. The molecule has 0 aliphatic rings. The van der Waals surface area contributed by atoms with Crippen molar-refractivity contribution in [1.29, 1.82) is 0 Å². The summed E-state index contributed by atoms with van der Waals surface area (Å²) < 4.78 is 5.69. The van der Waals surface area contributed by atoms with Crippen LogP contribution < -0.4 is 4.74 Å². The van der Waals surface area contributed by atoms with Gasteiger partial charge in [-0.05, 0) is 24.0 Å². The van der Waals surface area contributed by atoms with Crippen LogP contribution in [0.15, 0.2) is 24.3 Å². The maximum Gasteiger partial charge on any atom is 0.122 e. The monoisotopic (exact) mass is 178 g/mol. The highest BCUT2D eigenvalue weighted by molar-refractivity contribution is 5.33. The second-order valence-corrected chi connectivity index (χ2v) is 3.67. The van der Waals surface area contributed by atoms with Gasteiger partial charge in [-0.25, -0.2) is 0 Å². The zero-order valence-corrected chi connectivity index (χ0v) is 8.71. The minimum Gasteiger partial charge on any atom is -0.493 e. The zero-order valence-electron chi connectivity index (χ0n) is 8.71. The number of para-hydroxylation sites is 1. The summed E-state index contributed by atoms with van der Waals surface area (Å²) in [6.45, 7) is 7.28. The lowest BCUT2D eigenvalue weighted by atomic mass is 10.1. The lowest BCUT2D eigenvalue weighted by Crippen LogP contribution is -2.05. The van der Waals surface area contributed by atoms with E-state index in [2.05, 4.69) is 32.9 Å². The molecule has 1 aromatic rings. The van der Waals surface area contributed by atoms with E-state index in [1.807, 2.05) is 12.1 Å². The fourth-order valence-corrected chi connectivity index (χ4v) is 1.19. The number of aryl methyl sites for hydroxylation is 1. The van der Waals surface area contributed by atoms with E-state index < -0.39 is 0 Å². The highest BCUT2D eigenvalue weighted by atomic mass is 16.5. The average Bonchev–Trinajstić information content (AvgIpc) is 2.15. The van der Waals surface area contributed by atoms with Gasteiger partial charge in [0.15, 0.2) is 0 Å². The van der Waals surface area contributed by atoms with Gasteiger partial charge in [0.2, 0.25) is 0 Å². The molecule has 1 rings (SSSR count). The highest BCUT2D eigenvalue weighted by Crippen LogP contribution is 2.18. The first-order valence-electron chi connectivity index (χ1n) is 4.94. The number of ether oxygens (including phenoxy) is 1. The van der Waals surface area contributed by atoms with Crippen LogP contribution in [0.4, 0.5) is 0 Å². The van der Waals surface area contributed by atoms with E-state index in [0.29, 0.717) is 5.92 Å². The van der Waals surface area contributed by atoms with Crippen LogP contribution in [0.3, 0.4) is 0 Å². The Bertz CT molecular complexity index is 253. The molecule has 0 aliphatic carbocycles. The molecule has 0 saturated carbocycles. The third-order valence-corrected chi connectivity index (χ3v) is 1.93. The Kier molecular flexibility index (Phi) is 3.81. The average molecular weight is 178 g/mol. The van der Waals surface area contributed by atoms with Crippen molar-refractivity contribution in [2.45, 2.75) is 27.2 Å². The van der Waals surface area contributed by atoms with Gasteiger partial charge in [0.05, 0.1) is 6.61 Å². The van der Waals surface area contributed by atoms with Crippen molar-refractivity contribution in [3.63, 3.8) is 0 Å². The molecule has 0 atom stereocenters. The highest BCUT2D eigenvalue weighted by Gasteiger charge is 2.01. The van der Waals surface area contributed by atoms with Crippen LogP contribution in [-0.4, -0.2) is 6.61 Å². The summed E-state index contributed by atoms with van der Waals surface area (Å²) in [4.78, 5) is 0. The van der Waals surface area contributed by atoms with Crippen molar-refractivity contribution in [2.24, 2.45) is 5.92 Å². The summed E-state index contributed by atoms with van der Waals surface area (Å²) in [5.41, 5.74) is 1.29. The molecular formula is C12H18O. The van der Waals surface area contributed by atoms with Crippen molar-refractivity contribution in [1.82, 2.24) is 0 Å². The van der Waals surface area contributed by atoms with Crippen molar-refractivity contribution in [3.05, 3.63) is 29.8 Å². The normalized spacial score (nSPS) is 10.5. The van der Waals surface area contributed by atoms with Crippen LogP contribution >= 0.6 is 0 Å². The predicted molar refractivity (Wildman–Crippen MR) is 56.2 cm³/mol. The zero-order chi connectivity index (χ0) is 9.68. The molecule has 0 amide bonds. The quantitative estimate of drug-likeness (QED) is 0.687. The van der Waals surface area contributed by atoms with Gasteiger partial charge in [-0.1, -0.05) is 39.0 Å². The third kappa shape index (κ3) is 3.10. The molecule has 1 nitrogen and oxygen atoms in total. The summed E-state index contributed by atoms with van der Waals surface area (Å²) in [7, 11) is 0. The van der Waals surface area contributed by atoms with E-state index in [4.69, 9.17) is 4.74 Å². The topological polar surface area (TPSA) is 9.23 Å². The van der Waals surface area contributed by atoms with E-state index in [1.165, 1.54) is 5.56 Å². The predicted octanol–water partition coefficient (Wildman–Crippen LogP) is 3.28. The standard InChI is InChI=1S/C12H18O/c1-4-11-7-5-6-8-12(11)13-9-10(2)3/h5-8,10H,4,9H2,1-3H3. The molecule has 0 unspecified atom stereocenters. The molecule has 0 N–H and O–H groups in total. The molecule has 0 aliphatic heterocycles. The number of rotatable bonds is 4. The van der Waals surface area contributed by atoms with Crippen LogP contribution in [0.1, 0.15) is 26.3 Å². The first-order valence-corrected chi connectivity index (χ1v) is 4.94. The van der Waals surface area contributed by atoms with Crippen molar-refractivity contribution in [2.75, 3.05) is 6.61 Å². The van der Waals surface area contributed by atoms with Gasteiger partial charge in [-0.2, -0.15) is 0 Å². The van der Waals surface area contributed by atoms with Crippen LogP contribution in [0, 0.1) is 5.92 Å². The van der Waals surface area contributed by atoms with Gasteiger partial charge < -0.3 is 4.74 Å². The fraction of sp³-hybridized carbons (Fsp3) is 0.500. The van der Waals surface area contributed by atoms with Crippen LogP contribution in [0.25, 0.3) is 0 Å². The van der Waals surface area contributed by atoms with Gasteiger partial charge in [-0.15, -0.1) is 0 Å². The molecule has 72 valence electrons. The summed E-state index contributed by atoms with van der Waals surface area (Å²) in [5, 5.41) is 0. The number of benzene rings is 1. The summed E-state index contributed by atoms with van der Waals surface area (Å²) in [5.74, 6) is 1.63. The van der Waals surface area contributed by atoms with Gasteiger partial charge in [0, 0.05) is 0 Å². The molecular weight excluding hydrogens is 160 g/mol. The molecule has 0 bridgehead atoms. The molecule has 0 heterocycles. The lowest BCUT2D eigenvalue weighted by Gasteiger charge is -2.11. The van der Waals surface area contributed by atoms with Crippen molar-refractivity contribution >= 4 is 0 Å². The van der Waals surface area contributed by atoms with Gasteiger partial charge in [-0.3, -0.25) is 0 Å². The second-order valence-electron chi connectivity index (χ2n) is 3.67. The minimum absolute atomic E-state index is 0.588. The molecule has 13 heavy (non-hydrogen) atoms. The Hall–Kier alpha value is -0.980. The molecule has 0 saturated heterocycles. The van der Waals surface area contributed by atoms with Gasteiger partial charge in [0.25, 0.3) is 0 Å². The SMILES string of the molecule is CCc1ccccc1OCC(C)C. The van der Waals surface area contributed by atoms with E-state index in [9.17, 15) is 0 Å². The molecule has 0 spiro atoms.